The van der Waals surface area contributed by atoms with E-state index in [2.05, 4.69) is 19.9 Å². The molecule has 1 saturated carbocycles. The summed E-state index contributed by atoms with van der Waals surface area (Å²) in [7, 11) is 0. The van der Waals surface area contributed by atoms with Gasteiger partial charge in [-0.2, -0.15) is 0 Å². The first kappa shape index (κ1) is 12.2. The quantitative estimate of drug-likeness (QED) is 0.530. The zero-order valence-corrected chi connectivity index (χ0v) is 11.3. The van der Waals surface area contributed by atoms with Crippen molar-refractivity contribution in [3.05, 3.63) is 11.6 Å². The largest absolute Gasteiger partial charge is 0.461 e. The van der Waals surface area contributed by atoms with Crippen molar-refractivity contribution in [3.63, 3.8) is 0 Å². The van der Waals surface area contributed by atoms with Crippen LogP contribution in [-0.2, 0) is 9.53 Å². The fraction of sp³-hybridized carbons (Fsp3) is 0.800. The second-order valence-corrected chi connectivity index (χ2v) is 6.58. The lowest BCUT2D eigenvalue weighted by molar-refractivity contribution is -0.145. The molecule has 0 aromatic carbocycles. The highest BCUT2D eigenvalue weighted by atomic mass is 16.6. The monoisotopic (exact) mass is 250 g/mol. The molecule has 0 radical (unpaired) electrons. The number of hydrogen-bond acceptors (Lipinski definition) is 3. The Hall–Kier alpha value is -0.830. The molecule has 3 heteroatoms. The third kappa shape index (κ3) is 1.49. The summed E-state index contributed by atoms with van der Waals surface area (Å²) in [5.41, 5.74) is 1.16. The van der Waals surface area contributed by atoms with E-state index in [-0.39, 0.29) is 35.4 Å². The van der Waals surface area contributed by atoms with Crippen molar-refractivity contribution < 1.29 is 14.6 Å². The number of carbonyl (C=O) groups excluding carboxylic acids is 1. The van der Waals surface area contributed by atoms with Gasteiger partial charge in [-0.15, -0.1) is 0 Å². The van der Waals surface area contributed by atoms with Crippen LogP contribution in [0.15, 0.2) is 11.6 Å². The van der Waals surface area contributed by atoms with E-state index in [0.29, 0.717) is 5.92 Å². The molecule has 100 valence electrons. The number of fused-ring (bicyclic) bond motifs is 2. The average Bonchev–Trinajstić information content (AvgIpc) is 2.58. The zero-order chi connectivity index (χ0) is 13.1. The van der Waals surface area contributed by atoms with E-state index in [1.807, 2.05) is 6.92 Å². The number of aliphatic hydroxyl groups excluding tert-OH is 1. The summed E-state index contributed by atoms with van der Waals surface area (Å²) in [5.74, 6) is 0.625. The summed E-state index contributed by atoms with van der Waals surface area (Å²) in [6.07, 6.45) is 4.61. The van der Waals surface area contributed by atoms with Gasteiger partial charge < -0.3 is 9.84 Å². The minimum Gasteiger partial charge on any atom is -0.461 e. The molecule has 0 aromatic heterocycles. The van der Waals surface area contributed by atoms with Crippen molar-refractivity contribution in [1.82, 2.24) is 0 Å². The third-order valence-corrected chi connectivity index (χ3v) is 5.44. The van der Waals surface area contributed by atoms with Gasteiger partial charge in [-0.05, 0) is 25.2 Å². The molecule has 3 rings (SSSR count). The summed E-state index contributed by atoms with van der Waals surface area (Å²) in [4.78, 5) is 11.7. The lowest BCUT2D eigenvalue weighted by Crippen LogP contribution is -2.46. The summed E-state index contributed by atoms with van der Waals surface area (Å²) < 4.78 is 5.48. The highest BCUT2D eigenvalue weighted by molar-refractivity contribution is 5.75. The number of aliphatic hydroxyl groups is 1. The van der Waals surface area contributed by atoms with Crippen LogP contribution in [0.2, 0.25) is 0 Å². The number of hydrogen-bond donors (Lipinski definition) is 1. The van der Waals surface area contributed by atoms with Crippen LogP contribution in [0.4, 0.5) is 0 Å². The third-order valence-electron chi connectivity index (χ3n) is 5.44. The van der Waals surface area contributed by atoms with E-state index in [0.717, 1.165) is 19.3 Å². The van der Waals surface area contributed by atoms with Gasteiger partial charge in [0.25, 0.3) is 0 Å². The van der Waals surface area contributed by atoms with Gasteiger partial charge in [0.2, 0.25) is 0 Å². The van der Waals surface area contributed by atoms with Crippen LogP contribution in [-0.4, -0.2) is 23.3 Å². The van der Waals surface area contributed by atoms with Crippen LogP contribution in [0, 0.1) is 23.2 Å². The van der Waals surface area contributed by atoms with Crippen LogP contribution >= 0.6 is 0 Å². The maximum absolute atomic E-state index is 11.7. The fourth-order valence-electron chi connectivity index (χ4n) is 4.11. The van der Waals surface area contributed by atoms with Crippen LogP contribution in [0.1, 0.15) is 40.0 Å². The van der Waals surface area contributed by atoms with Gasteiger partial charge in [-0.3, -0.25) is 4.79 Å². The Morgan fingerprint density at radius 2 is 2.11 bits per heavy atom. The Bertz CT molecular complexity index is 414. The Morgan fingerprint density at radius 1 is 1.39 bits per heavy atom. The number of carbonyl (C=O) groups is 1. The molecule has 6 atom stereocenters. The lowest BCUT2D eigenvalue weighted by atomic mass is 9.58. The zero-order valence-electron chi connectivity index (χ0n) is 11.3. The van der Waals surface area contributed by atoms with E-state index >= 15 is 0 Å². The van der Waals surface area contributed by atoms with Gasteiger partial charge in [0, 0.05) is 11.3 Å². The van der Waals surface area contributed by atoms with Gasteiger partial charge in [0.1, 0.15) is 6.10 Å². The van der Waals surface area contributed by atoms with E-state index in [9.17, 15) is 9.90 Å². The molecule has 2 fully saturated rings. The second-order valence-electron chi connectivity index (χ2n) is 6.58. The predicted molar refractivity (Wildman–Crippen MR) is 67.7 cm³/mol. The number of esters is 1. The molecule has 1 aliphatic heterocycles. The summed E-state index contributed by atoms with van der Waals surface area (Å²) in [6.45, 7) is 6.32. The molecule has 2 aliphatic carbocycles. The van der Waals surface area contributed by atoms with Crippen molar-refractivity contribution in [2.45, 2.75) is 52.2 Å². The molecule has 1 N–H and O–H groups in total. The summed E-state index contributed by atoms with van der Waals surface area (Å²) in [6, 6.07) is 0. The predicted octanol–water partition coefficient (Wildman–Crippen LogP) is 2.29. The van der Waals surface area contributed by atoms with Gasteiger partial charge in [0.15, 0.2) is 0 Å². The van der Waals surface area contributed by atoms with Crippen molar-refractivity contribution in [1.29, 1.82) is 0 Å². The number of rotatable bonds is 0. The molecule has 1 heterocycles. The highest BCUT2D eigenvalue weighted by Crippen LogP contribution is 2.53. The van der Waals surface area contributed by atoms with Crippen molar-refractivity contribution in [2.24, 2.45) is 23.2 Å². The van der Waals surface area contributed by atoms with Gasteiger partial charge in [-0.1, -0.05) is 32.4 Å². The normalized spacial score (nSPS) is 51.2. The standard InChI is InChI=1S/C15H22O3/c1-8-4-5-13(16)15(3)7-12-10(6-11(8)15)9(2)14(17)18-12/h6,8-10,12-13,16H,4-5,7H2,1-3H3/t8?,9-,10+,12+,13+,15+/m0/s1. The summed E-state index contributed by atoms with van der Waals surface area (Å²) >= 11 is 0. The first-order chi connectivity index (χ1) is 8.43. The van der Waals surface area contributed by atoms with Gasteiger partial charge in [-0.25, -0.2) is 0 Å². The molecule has 18 heavy (non-hydrogen) atoms. The van der Waals surface area contributed by atoms with Crippen molar-refractivity contribution in [2.75, 3.05) is 0 Å². The topological polar surface area (TPSA) is 46.5 Å². The minimum atomic E-state index is -0.296. The maximum atomic E-state index is 11.7. The van der Waals surface area contributed by atoms with Crippen LogP contribution < -0.4 is 0 Å². The maximum Gasteiger partial charge on any atom is 0.309 e. The van der Waals surface area contributed by atoms with Crippen LogP contribution in [0.5, 0.6) is 0 Å². The molecular weight excluding hydrogens is 228 g/mol. The smallest absolute Gasteiger partial charge is 0.309 e. The fourth-order valence-corrected chi connectivity index (χ4v) is 4.11. The SMILES string of the molecule is CC1CC[C@@H](O)[C@]2(C)C[C@H]3OC(=O)[C@@H](C)[C@H]3C=C12. The number of ether oxygens (including phenoxy) is 1. The average molecular weight is 250 g/mol. The lowest BCUT2D eigenvalue weighted by Gasteiger charge is -2.48. The molecule has 3 aliphatic rings. The molecule has 3 nitrogen and oxygen atoms in total. The van der Waals surface area contributed by atoms with E-state index in [1.165, 1.54) is 5.57 Å². The first-order valence-electron chi connectivity index (χ1n) is 7.04. The van der Waals surface area contributed by atoms with Gasteiger partial charge >= 0.3 is 5.97 Å². The van der Waals surface area contributed by atoms with Crippen molar-refractivity contribution in [3.8, 4) is 0 Å². The molecule has 1 unspecified atom stereocenters. The molecule has 0 spiro atoms. The highest BCUT2D eigenvalue weighted by Gasteiger charge is 2.53. The first-order valence-corrected chi connectivity index (χ1v) is 7.04. The molecule has 0 bridgehead atoms. The molecule has 0 amide bonds. The van der Waals surface area contributed by atoms with E-state index in [4.69, 9.17) is 4.74 Å². The van der Waals surface area contributed by atoms with E-state index in [1.54, 1.807) is 0 Å². The molecule has 0 aromatic rings. The Kier molecular flexibility index (Phi) is 2.60. The second kappa shape index (κ2) is 3.83. The van der Waals surface area contributed by atoms with E-state index < -0.39 is 0 Å². The Balaban J connectivity index is 2.01. The minimum absolute atomic E-state index is 0.0267. The van der Waals surface area contributed by atoms with Crippen LogP contribution in [0.3, 0.4) is 0 Å². The molecular formula is C15H22O3. The Morgan fingerprint density at radius 3 is 2.83 bits per heavy atom. The summed E-state index contributed by atoms with van der Waals surface area (Å²) in [5, 5.41) is 10.4. The Labute approximate surface area is 108 Å². The van der Waals surface area contributed by atoms with Gasteiger partial charge in [0.05, 0.1) is 12.0 Å². The molecule has 1 saturated heterocycles. The van der Waals surface area contributed by atoms with Crippen molar-refractivity contribution >= 4 is 5.97 Å². The van der Waals surface area contributed by atoms with Crippen LogP contribution in [0.25, 0.3) is 0 Å².